The molecule has 0 spiro atoms. The van der Waals surface area contributed by atoms with E-state index in [0.717, 1.165) is 12.1 Å². The molecular formula is C15H22N4O2. The van der Waals surface area contributed by atoms with Crippen molar-refractivity contribution < 1.29 is 9.59 Å². The van der Waals surface area contributed by atoms with Gasteiger partial charge in [-0.2, -0.15) is 5.10 Å². The molecule has 1 N–H and O–H groups in total. The molecular weight excluding hydrogens is 268 g/mol. The van der Waals surface area contributed by atoms with E-state index in [2.05, 4.69) is 15.5 Å². The van der Waals surface area contributed by atoms with Crippen molar-refractivity contribution in [2.24, 2.45) is 5.92 Å². The van der Waals surface area contributed by atoms with Gasteiger partial charge in [0, 0.05) is 13.1 Å². The molecule has 21 heavy (non-hydrogen) atoms. The van der Waals surface area contributed by atoms with Gasteiger partial charge in [-0.3, -0.25) is 9.59 Å². The fourth-order valence-electron chi connectivity index (χ4n) is 2.46. The molecule has 6 heteroatoms. The third kappa shape index (κ3) is 3.77. The van der Waals surface area contributed by atoms with E-state index in [1.165, 1.54) is 0 Å². The molecule has 2 rings (SSSR count). The molecule has 1 aliphatic rings. The Labute approximate surface area is 124 Å². The number of hydrogen-bond acceptors (Lipinski definition) is 4. The monoisotopic (exact) mass is 290 g/mol. The van der Waals surface area contributed by atoms with Crippen LogP contribution in [0.1, 0.15) is 42.9 Å². The van der Waals surface area contributed by atoms with Crippen molar-refractivity contribution in [3.05, 3.63) is 23.5 Å². The van der Waals surface area contributed by atoms with Gasteiger partial charge in [0.05, 0.1) is 5.69 Å². The van der Waals surface area contributed by atoms with Crippen molar-refractivity contribution in [2.45, 2.75) is 39.7 Å². The van der Waals surface area contributed by atoms with Crippen molar-refractivity contribution in [1.29, 1.82) is 0 Å². The van der Waals surface area contributed by atoms with Crippen molar-refractivity contribution >= 4 is 11.8 Å². The molecule has 1 fully saturated rings. The van der Waals surface area contributed by atoms with Crippen LogP contribution in [0.4, 0.5) is 0 Å². The van der Waals surface area contributed by atoms with Crippen LogP contribution in [0.2, 0.25) is 0 Å². The lowest BCUT2D eigenvalue weighted by Gasteiger charge is -2.29. The number of nitrogens with zero attached hydrogens (tertiary/aromatic N) is 3. The molecule has 0 aliphatic carbocycles. The highest BCUT2D eigenvalue weighted by Gasteiger charge is 2.33. The zero-order chi connectivity index (χ0) is 15.4. The summed E-state index contributed by atoms with van der Waals surface area (Å²) in [5.41, 5.74) is 1.06. The summed E-state index contributed by atoms with van der Waals surface area (Å²) in [6, 6.07) is 3.00. The summed E-state index contributed by atoms with van der Waals surface area (Å²) in [5.74, 6) is 0.0399. The zero-order valence-corrected chi connectivity index (χ0v) is 12.8. The Morgan fingerprint density at radius 2 is 2.19 bits per heavy atom. The number of nitrogens with one attached hydrogen (secondary N) is 1. The first-order valence-electron chi connectivity index (χ1n) is 7.38. The SMILES string of the molecule is Cc1ccc(C(=O)N2CCCNC(=O)C2CC(C)C)nn1. The second kappa shape index (κ2) is 6.65. The summed E-state index contributed by atoms with van der Waals surface area (Å²) in [6.45, 7) is 7.09. The normalized spacial score (nSPS) is 19.3. The molecule has 1 aromatic rings. The molecule has 114 valence electrons. The summed E-state index contributed by atoms with van der Waals surface area (Å²) in [7, 11) is 0. The Bertz CT molecular complexity index is 513. The lowest BCUT2D eigenvalue weighted by Crippen LogP contribution is -2.48. The Hall–Kier alpha value is -1.98. The lowest BCUT2D eigenvalue weighted by atomic mass is 10.0. The largest absolute Gasteiger partial charge is 0.354 e. The quantitative estimate of drug-likeness (QED) is 0.906. The number of carbonyl (C=O) groups is 2. The molecule has 1 aliphatic heterocycles. The van der Waals surface area contributed by atoms with Crippen LogP contribution in [-0.4, -0.2) is 46.0 Å². The zero-order valence-electron chi connectivity index (χ0n) is 12.8. The summed E-state index contributed by atoms with van der Waals surface area (Å²) in [6.07, 6.45) is 1.40. The molecule has 1 aromatic heterocycles. The van der Waals surface area contributed by atoms with Crippen LogP contribution >= 0.6 is 0 Å². The maximum atomic E-state index is 12.6. The van der Waals surface area contributed by atoms with Gasteiger partial charge in [-0.15, -0.1) is 5.10 Å². The first kappa shape index (κ1) is 15.4. The number of aryl methyl sites for hydroxylation is 1. The fraction of sp³-hybridized carbons (Fsp3) is 0.600. The highest BCUT2D eigenvalue weighted by atomic mass is 16.2. The Kier molecular flexibility index (Phi) is 4.88. The fourth-order valence-corrected chi connectivity index (χ4v) is 2.46. The summed E-state index contributed by atoms with van der Waals surface area (Å²) < 4.78 is 0. The van der Waals surface area contributed by atoms with E-state index in [9.17, 15) is 9.59 Å². The Morgan fingerprint density at radius 3 is 2.81 bits per heavy atom. The molecule has 0 bridgehead atoms. The molecule has 0 radical (unpaired) electrons. The second-order valence-corrected chi connectivity index (χ2v) is 5.85. The van der Waals surface area contributed by atoms with E-state index >= 15 is 0 Å². The van der Waals surface area contributed by atoms with E-state index in [-0.39, 0.29) is 11.8 Å². The summed E-state index contributed by atoms with van der Waals surface area (Å²) in [4.78, 5) is 26.5. The second-order valence-electron chi connectivity index (χ2n) is 5.85. The van der Waals surface area contributed by atoms with Crippen LogP contribution in [0.25, 0.3) is 0 Å². The van der Waals surface area contributed by atoms with Crippen LogP contribution in [0.3, 0.4) is 0 Å². The first-order valence-corrected chi connectivity index (χ1v) is 7.38. The van der Waals surface area contributed by atoms with Gasteiger partial charge >= 0.3 is 0 Å². The van der Waals surface area contributed by atoms with Gasteiger partial charge in [-0.05, 0) is 37.8 Å². The molecule has 1 unspecified atom stereocenters. The van der Waals surface area contributed by atoms with E-state index in [1.54, 1.807) is 17.0 Å². The predicted octanol–water partition coefficient (Wildman–Crippen LogP) is 1.16. The predicted molar refractivity (Wildman–Crippen MR) is 78.7 cm³/mol. The number of rotatable bonds is 3. The first-order chi connectivity index (χ1) is 9.99. The third-order valence-corrected chi connectivity index (χ3v) is 3.53. The molecule has 0 saturated carbocycles. The number of hydrogen-bond donors (Lipinski definition) is 1. The van der Waals surface area contributed by atoms with Crippen LogP contribution in [0.15, 0.2) is 12.1 Å². The molecule has 2 amide bonds. The van der Waals surface area contributed by atoms with Crippen molar-refractivity contribution in [1.82, 2.24) is 20.4 Å². The highest BCUT2D eigenvalue weighted by molar-refractivity contribution is 5.96. The van der Waals surface area contributed by atoms with Gasteiger partial charge in [0.2, 0.25) is 5.91 Å². The van der Waals surface area contributed by atoms with Crippen LogP contribution < -0.4 is 5.32 Å². The van der Waals surface area contributed by atoms with E-state index in [1.807, 2.05) is 20.8 Å². The molecule has 6 nitrogen and oxygen atoms in total. The van der Waals surface area contributed by atoms with Crippen LogP contribution in [-0.2, 0) is 4.79 Å². The summed E-state index contributed by atoms with van der Waals surface area (Å²) in [5, 5.41) is 10.8. The van der Waals surface area contributed by atoms with E-state index < -0.39 is 6.04 Å². The maximum Gasteiger partial charge on any atom is 0.275 e. The average Bonchev–Trinajstić information content (AvgIpc) is 2.61. The lowest BCUT2D eigenvalue weighted by molar-refractivity contribution is -0.125. The van der Waals surface area contributed by atoms with Crippen molar-refractivity contribution in [3.63, 3.8) is 0 Å². The van der Waals surface area contributed by atoms with Crippen LogP contribution in [0.5, 0.6) is 0 Å². The van der Waals surface area contributed by atoms with Gasteiger partial charge in [-0.25, -0.2) is 0 Å². The van der Waals surface area contributed by atoms with Gasteiger partial charge in [0.1, 0.15) is 6.04 Å². The minimum Gasteiger partial charge on any atom is -0.354 e. The average molecular weight is 290 g/mol. The van der Waals surface area contributed by atoms with Crippen LogP contribution in [0, 0.1) is 12.8 Å². The minimum absolute atomic E-state index is 0.0744. The Balaban J connectivity index is 2.25. The number of aromatic nitrogens is 2. The van der Waals surface area contributed by atoms with E-state index in [0.29, 0.717) is 31.1 Å². The van der Waals surface area contributed by atoms with Crippen molar-refractivity contribution in [2.75, 3.05) is 13.1 Å². The standard InChI is InChI=1S/C15H22N4O2/c1-10(2)9-13-14(20)16-7-4-8-19(13)15(21)12-6-5-11(3)17-18-12/h5-6,10,13H,4,7-9H2,1-3H3,(H,16,20). The Morgan fingerprint density at radius 1 is 1.43 bits per heavy atom. The van der Waals surface area contributed by atoms with Gasteiger partial charge < -0.3 is 10.2 Å². The smallest absolute Gasteiger partial charge is 0.275 e. The van der Waals surface area contributed by atoms with Gasteiger partial charge in [0.25, 0.3) is 5.91 Å². The molecule has 0 aromatic carbocycles. The van der Waals surface area contributed by atoms with Gasteiger partial charge in [-0.1, -0.05) is 13.8 Å². The maximum absolute atomic E-state index is 12.6. The summed E-state index contributed by atoms with van der Waals surface area (Å²) >= 11 is 0. The van der Waals surface area contributed by atoms with Crippen molar-refractivity contribution in [3.8, 4) is 0 Å². The van der Waals surface area contributed by atoms with Gasteiger partial charge in [0.15, 0.2) is 5.69 Å². The molecule has 2 heterocycles. The highest BCUT2D eigenvalue weighted by Crippen LogP contribution is 2.17. The third-order valence-electron chi connectivity index (χ3n) is 3.53. The molecule has 1 saturated heterocycles. The van der Waals surface area contributed by atoms with E-state index in [4.69, 9.17) is 0 Å². The topological polar surface area (TPSA) is 75.2 Å². The number of carbonyl (C=O) groups excluding carboxylic acids is 2. The molecule has 1 atom stereocenters. The minimum atomic E-state index is -0.428. The number of amides is 2.